The van der Waals surface area contributed by atoms with Gasteiger partial charge < -0.3 is 14.6 Å². The monoisotopic (exact) mass is 269 g/mol. The van der Waals surface area contributed by atoms with Crippen LogP contribution in [0.3, 0.4) is 0 Å². The van der Waals surface area contributed by atoms with Gasteiger partial charge in [-0.3, -0.25) is 0 Å². The summed E-state index contributed by atoms with van der Waals surface area (Å²) in [7, 11) is 0. The Morgan fingerprint density at radius 1 is 1.44 bits per heavy atom. The molecule has 0 aromatic heterocycles. The average Bonchev–Trinajstić information content (AvgIpc) is 2.89. The smallest absolute Gasteiger partial charge is 0.152 e. The topological polar surface area (TPSA) is 58.6 Å². The molecule has 4 nitrogen and oxygen atoms in total. The summed E-state index contributed by atoms with van der Waals surface area (Å²) < 4.78 is 25.7. The standard InChI is InChI=1S/C13H19NO3S/c15-18(16)9-7-13(11-6-8-14-10-11)17-12-4-2-1-3-5-12/h1-5,11,13-14H,6-10H2,(H,15,16). The van der Waals surface area contributed by atoms with Gasteiger partial charge in [0.2, 0.25) is 0 Å². The van der Waals surface area contributed by atoms with Crippen LogP contribution in [-0.2, 0) is 11.1 Å². The van der Waals surface area contributed by atoms with E-state index in [1.165, 1.54) is 0 Å². The minimum Gasteiger partial charge on any atom is -0.490 e. The van der Waals surface area contributed by atoms with Crippen molar-refractivity contribution in [3.05, 3.63) is 30.3 Å². The van der Waals surface area contributed by atoms with Gasteiger partial charge in [-0.2, -0.15) is 0 Å². The van der Waals surface area contributed by atoms with E-state index >= 15 is 0 Å². The first-order valence-corrected chi connectivity index (χ1v) is 7.53. The van der Waals surface area contributed by atoms with E-state index in [1.54, 1.807) is 0 Å². The van der Waals surface area contributed by atoms with Crippen LogP contribution < -0.4 is 10.1 Å². The molecular formula is C13H19NO3S. The predicted octanol–water partition coefficient (Wildman–Crippen LogP) is 1.66. The Labute approximate surface area is 110 Å². The van der Waals surface area contributed by atoms with Crippen LogP contribution in [0.2, 0.25) is 0 Å². The van der Waals surface area contributed by atoms with Gasteiger partial charge in [0.15, 0.2) is 11.1 Å². The lowest BCUT2D eigenvalue weighted by Gasteiger charge is -2.24. The maximum atomic E-state index is 10.8. The van der Waals surface area contributed by atoms with Crippen molar-refractivity contribution < 1.29 is 13.5 Å². The molecule has 0 spiro atoms. The Hall–Kier alpha value is -0.910. The highest BCUT2D eigenvalue weighted by Crippen LogP contribution is 2.22. The van der Waals surface area contributed by atoms with Crippen molar-refractivity contribution in [2.75, 3.05) is 18.8 Å². The number of hydrogen-bond donors (Lipinski definition) is 2. The third kappa shape index (κ3) is 4.08. The molecule has 5 heteroatoms. The Bertz CT molecular complexity index is 379. The van der Waals surface area contributed by atoms with Crippen molar-refractivity contribution in [2.45, 2.75) is 18.9 Å². The molecule has 0 bridgehead atoms. The first-order valence-electron chi connectivity index (χ1n) is 6.25. The fourth-order valence-electron chi connectivity index (χ4n) is 2.28. The van der Waals surface area contributed by atoms with Gasteiger partial charge in [-0.1, -0.05) is 18.2 Å². The van der Waals surface area contributed by atoms with E-state index in [2.05, 4.69) is 5.32 Å². The fraction of sp³-hybridized carbons (Fsp3) is 0.538. The van der Waals surface area contributed by atoms with Crippen LogP contribution in [0.15, 0.2) is 30.3 Å². The first kappa shape index (κ1) is 13.5. The molecule has 2 N–H and O–H groups in total. The average molecular weight is 269 g/mol. The summed E-state index contributed by atoms with van der Waals surface area (Å²) in [6.45, 7) is 1.93. The van der Waals surface area contributed by atoms with E-state index in [4.69, 9.17) is 9.29 Å². The number of rotatable bonds is 6. The van der Waals surface area contributed by atoms with Crippen LogP contribution in [0.4, 0.5) is 0 Å². The molecule has 0 aliphatic carbocycles. The van der Waals surface area contributed by atoms with Gasteiger partial charge in [0.05, 0.1) is 5.75 Å². The van der Waals surface area contributed by atoms with Crippen LogP contribution in [0.5, 0.6) is 5.75 Å². The SMILES string of the molecule is O=S(O)CCC(Oc1ccccc1)C1CCNC1. The molecule has 1 heterocycles. The van der Waals surface area contributed by atoms with E-state index in [-0.39, 0.29) is 11.9 Å². The van der Waals surface area contributed by atoms with Crippen LogP contribution >= 0.6 is 0 Å². The summed E-state index contributed by atoms with van der Waals surface area (Å²) >= 11 is -1.74. The van der Waals surface area contributed by atoms with Crippen LogP contribution in [0.1, 0.15) is 12.8 Å². The van der Waals surface area contributed by atoms with Gasteiger partial charge in [0.25, 0.3) is 0 Å². The van der Waals surface area contributed by atoms with E-state index < -0.39 is 11.1 Å². The molecule has 0 saturated carbocycles. The van der Waals surface area contributed by atoms with Crippen molar-refractivity contribution in [3.63, 3.8) is 0 Å². The van der Waals surface area contributed by atoms with Gasteiger partial charge in [0.1, 0.15) is 11.9 Å². The van der Waals surface area contributed by atoms with E-state index in [0.29, 0.717) is 12.3 Å². The number of benzene rings is 1. The van der Waals surface area contributed by atoms with Gasteiger partial charge in [-0.05, 0) is 31.5 Å². The highest BCUT2D eigenvalue weighted by molar-refractivity contribution is 7.79. The lowest BCUT2D eigenvalue weighted by atomic mass is 9.99. The Morgan fingerprint density at radius 2 is 2.22 bits per heavy atom. The lowest BCUT2D eigenvalue weighted by Crippen LogP contribution is -2.30. The van der Waals surface area contributed by atoms with E-state index in [1.807, 2.05) is 30.3 Å². The van der Waals surface area contributed by atoms with E-state index in [0.717, 1.165) is 25.3 Å². The quantitative estimate of drug-likeness (QED) is 0.771. The molecule has 0 radical (unpaired) electrons. The third-order valence-electron chi connectivity index (χ3n) is 3.23. The zero-order chi connectivity index (χ0) is 12.8. The lowest BCUT2D eigenvalue weighted by molar-refractivity contribution is 0.139. The molecule has 18 heavy (non-hydrogen) atoms. The minimum absolute atomic E-state index is 0.0125. The molecule has 2 rings (SSSR count). The maximum absolute atomic E-state index is 10.8. The molecule has 3 atom stereocenters. The molecule has 1 aromatic rings. The van der Waals surface area contributed by atoms with Crippen LogP contribution in [-0.4, -0.2) is 33.7 Å². The van der Waals surface area contributed by atoms with E-state index in [9.17, 15) is 4.21 Å². The Morgan fingerprint density at radius 3 is 2.83 bits per heavy atom. The normalized spacial score (nSPS) is 22.6. The third-order valence-corrected chi connectivity index (χ3v) is 3.82. The van der Waals surface area contributed by atoms with Crippen molar-refractivity contribution in [1.82, 2.24) is 5.32 Å². The molecule has 1 saturated heterocycles. The summed E-state index contributed by atoms with van der Waals surface area (Å²) in [5.41, 5.74) is 0. The van der Waals surface area contributed by atoms with Crippen molar-refractivity contribution in [3.8, 4) is 5.75 Å². The summed E-state index contributed by atoms with van der Waals surface area (Å²) in [5, 5.41) is 3.31. The molecule has 1 aromatic carbocycles. The Kier molecular flexibility index (Phi) is 5.16. The summed E-state index contributed by atoms with van der Waals surface area (Å²) in [4.78, 5) is 0. The maximum Gasteiger partial charge on any atom is 0.152 e. The van der Waals surface area contributed by atoms with Gasteiger partial charge in [0, 0.05) is 12.5 Å². The van der Waals surface area contributed by atoms with Crippen molar-refractivity contribution >= 4 is 11.1 Å². The Balaban J connectivity index is 1.97. The molecule has 1 aliphatic rings. The summed E-state index contributed by atoms with van der Waals surface area (Å²) in [6.07, 6.45) is 1.69. The fourth-order valence-corrected chi connectivity index (χ4v) is 2.71. The van der Waals surface area contributed by atoms with Crippen molar-refractivity contribution in [2.24, 2.45) is 5.92 Å². The summed E-state index contributed by atoms with van der Waals surface area (Å²) in [5.74, 6) is 1.53. The highest BCUT2D eigenvalue weighted by atomic mass is 32.2. The molecule has 100 valence electrons. The molecule has 3 unspecified atom stereocenters. The minimum atomic E-state index is -1.74. The number of nitrogens with one attached hydrogen (secondary N) is 1. The van der Waals surface area contributed by atoms with Gasteiger partial charge >= 0.3 is 0 Å². The molecule has 1 fully saturated rings. The highest BCUT2D eigenvalue weighted by Gasteiger charge is 2.26. The molecule has 1 aliphatic heterocycles. The number of ether oxygens (including phenoxy) is 1. The van der Waals surface area contributed by atoms with Gasteiger partial charge in [-0.15, -0.1) is 0 Å². The second-order valence-corrected chi connectivity index (χ2v) is 5.59. The van der Waals surface area contributed by atoms with Crippen molar-refractivity contribution in [1.29, 1.82) is 0 Å². The molecular weight excluding hydrogens is 250 g/mol. The second-order valence-electron chi connectivity index (χ2n) is 4.54. The summed E-state index contributed by atoms with van der Waals surface area (Å²) in [6, 6.07) is 9.66. The number of para-hydroxylation sites is 1. The van der Waals surface area contributed by atoms with Crippen LogP contribution in [0.25, 0.3) is 0 Å². The number of hydrogen-bond acceptors (Lipinski definition) is 3. The second kappa shape index (κ2) is 6.87. The molecule has 0 amide bonds. The zero-order valence-electron chi connectivity index (χ0n) is 10.2. The van der Waals surface area contributed by atoms with Crippen LogP contribution in [0, 0.1) is 5.92 Å². The predicted molar refractivity (Wildman–Crippen MR) is 72.1 cm³/mol. The largest absolute Gasteiger partial charge is 0.490 e. The first-order chi connectivity index (χ1) is 8.75. The van der Waals surface area contributed by atoms with Gasteiger partial charge in [-0.25, -0.2) is 4.21 Å². The zero-order valence-corrected chi connectivity index (χ0v) is 11.1.